The third-order valence-electron chi connectivity index (χ3n) is 2.41. The normalized spacial score (nSPS) is 9.61. The van der Waals surface area contributed by atoms with Crippen molar-refractivity contribution in [3.8, 4) is 0 Å². The van der Waals surface area contributed by atoms with Crippen molar-refractivity contribution in [2.45, 2.75) is 0 Å². The third-order valence-corrected chi connectivity index (χ3v) is 2.41. The molecule has 2 rings (SSSR count). The molecule has 0 bridgehead atoms. The van der Waals surface area contributed by atoms with Crippen LogP contribution in [0.3, 0.4) is 0 Å². The lowest BCUT2D eigenvalue weighted by Crippen LogP contribution is -2.02. The molecule has 4 heteroatoms. The predicted molar refractivity (Wildman–Crippen MR) is 64.1 cm³/mol. The zero-order valence-corrected chi connectivity index (χ0v) is 9.26. The van der Waals surface area contributed by atoms with E-state index in [0.29, 0.717) is 5.56 Å². The van der Waals surface area contributed by atoms with Crippen molar-refractivity contribution in [2.75, 3.05) is 0 Å². The van der Waals surface area contributed by atoms with Crippen LogP contribution >= 0.6 is 0 Å². The topological polar surface area (TPSA) is 46.5 Å². The van der Waals surface area contributed by atoms with E-state index in [-0.39, 0.29) is 17.0 Å². The molecule has 0 radical (unpaired) electrons. The molecule has 0 saturated carbocycles. The first-order valence-corrected chi connectivity index (χ1v) is 5.19. The first-order valence-electron chi connectivity index (χ1n) is 5.19. The van der Waals surface area contributed by atoms with Gasteiger partial charge in [-0.15, -0.1) is 0 Å². The van der Waals surface area contributed by atoms with Crippen LogP contribution in [0, 0.1) is 5.82 Å². The summed E-state index contributed by atoms with van der Waals surface area (Å²) in [4.78, 5) is 25.8. The van der Waals surface area contributed by atoms with Crippen LogP contribution in [0.4, 0.5) is 10.1 Å². The Kier molecular flexibility index (Phi) is 3.41. The summed E-state index contributed by atoms with van der Waals surface area (Å²) in [5.74, 6) is -0.941. The fourth-order valence-electron chi connectivity index (χ4n) is 1.58. The van der Waals surface area contributed by atoms with Gasteiger partial charge in [-0.1, -0.05) is 30.3 Å². The summed E-state index contributed by atoms with van der Waals surface area (Å²) < 4.78 is 13.2. The fourth-order valence-corrected chi connectivity index (χ4v) is 1.58. The highest BCUT2D eigenvalue weighted by atomic mass is 19.1. The van der Waals surface area contributed by atoms with Gasteiger partial charge in [-0.05, 0) is 18.2 Å². The van der Waals surface area contributed by atoms with Gasteiger partial charge in [0.2, 0.25) is 6.08 Å². The quantitative estimate of drug-likeness (QED) is 0.471. The second-order valence-corrected chi connectivity index (χ2v) is 3.56. The second kappa shape index (κ2) is 5.17. The maximum absolute atomic E-state index is 13.2. The van der Waals surface area contributed by atoms with E-state index in [1.165, 1.54) is 12.1 Å². The lowest BCUT2D eigenvalue weighted by Gasteiger charge is -2.04. The maximum atomic E-state index is 13.2. The highest BCUT2D eigenvalue weighted by molar-refractivity contribution is 6.12. The van der Waals surface area contributed by atoms with Crippen LogP contribution in [0.15, 0.2) is 53.5 Å². The van der Waals surface area contributed by atoms with Crippen molar-refractivity contribution < 1.29 is 14.0 Å². The van der Waals surface area contributed by atoms with Crippen molar-refractivity contribution >= 4 is 17.6 Å². The molecule has 2 aromatic carbocycles. The Morgan fingerprint density at radius 2 is 1.83 bits per heavy atom. The van der Waals surface area contributed by atoms with E-state index in [1.807, 2.05) is 0 Å². The van der Waals surface area contributed by atoms with Gasteiger partial charge in [0.25, 0.3) is 0 Å². The summed E-state index contributed by atoms with van der Waals surface area (Å²) in [5.41, 5.74) is 0.565. The molecule has 0 fully saturated rings. The molecule has 0 aliphatic rings. The fraction of sp³-hybridized carbons (Fsp3) is 0. The Morgan fingerprint density at radius 1 is 1.11 bits per heavy atom. The highest BCUT2D eigenvalue weighted by Crippen LogP contribution is 2.22. The number of rotatable bonds is 3. The van der Waals surface area contributed by atoms with E-state index in [9.17, 15) is 14.0 Å². The molecule has 0 aliphatic heterocycles. The minimum Gasteiger partial charge on any atom is -0.289 e. The van der Waals surface area contributed by atoms with Gasteiger partial charge in [-0.2, -0.15) is 4.99 Å². The Hall–Kier alpha value is -2.58. The molecule has 0 heterocycles. The molecule has 0 aromatic heterocycles. The van der Waals surface area contributed by atoms with Gasteiger partial charge in [0.05, 0.1) is 11.3 Å². The Bertz CT molecular complexity index is 631. The van der Waals surface area contributed by atoms with Gasteiger partial charge in [-0.25, -0.2) is 9.18 Å². The number of hydrogen-bond donors (Lipinski definition) is 0. The number of aliphatic imine (C=N–C) groups is 1. The lowest BCUT2D eigenvalue weighted by atomic mass is 10.0. The molecule has 2 aromatic rings. The average molecular weight is 241 g/mol. The number of carbonyl (C=O) groups excluding carboxylic acids is 2. The van der Waals surface area contributed by atoms with Crippen LogP contribution in [-0.4, -0.2) is 11.9 Å². The molecule has 88 valence electrons. The molecule has 0 amide bonds. The molecule has 0 saturated heterocycles. The molecule has 0 N–H and O–H groups in total. The van der Waals surface area contributed by atoms with E-state index in [4.69, 9.17) is 0 Å². The number of carbonyl (C=O) groups is 1. The zero-order valence-electron chi connectivity index (χ0n) is 9.26. The Morgan fingerprint density at radius 3 is 2.50 bits per heavy atom. The van der Waals surface area contributed by atoms with Crippen LogP contribution in [0.1, 0.15) is 15.9 Å². The molecule has 18 heavy (non-hydrogen) atoms. The van der Waals surface area contributed by atoms with Crippen LogP contribution < -0.4 is 0 Å². The van der Waals surface area contributed by atoms with Crippen molar-refractivity contribution in [1.82, 2.24) is 0 Å². The van der Waals surface area contributed by atoms with E-state index >= 15 is 0 Å². The lowest BCUT2D eigenvalue weighted by molar-refractivity contribution is 0.103. The molecular weight excluding hydrogens is 233 g/mol. The largest absolute Gasteiger partial charge is 0.289 e. The number of hydrogen-bond acceptors (Lipinski definition) is 3. The van der Waals surface area contributed by atoms with Gasteiger partial charge in [0.15, 0.2) is 5.78 Å². The number of halogens is 1. The van der Waals surface area contributed by atoms with Gasteiger partial charge in [-0.3, -0.25) is 4.79 Å². The standard InChI is InChI=1S/C14H8FNO2/c15-11-6-7-13(16-9-17)12(8-11)14(18)10-4-2-1-3-5-10/h1-8H. The van der Waals surface area contributed by atoms with Crippen molar-refractivity contribution in [1.29, 1.82) is 0 Å². The smallest absolute Gasteiger partial charge is 0.240 e. The van der Waals surface area contributed by atoms with Gasteiger partial charge < -0.3 is 0 Å². The van der Waals surface area contributed by atoms with Crippen LogP contribution in [0.25, 0.3) is 0 Å². The molecule has 0 unspecified atom stereocenters. The van der Waals surface area contributed by atoms with Gasteiger partial charge in [0, 0.05) is 5.56 Å². The van der Waals surface area contributed by atoms with Crippen LogP contribution in [-0.2, 0) is 4.79 Å². The van der Waals surface area contributed by atoms with Crippen LogP contribution in [0.2, 0.25) is 0 Å². The van der Waals surface area contributed by atoms with Crippen molar-refractivity contribution in [3.05, 3.63) is 65.5 Å². The summed E-state index contributed by atoms with van der Waals surface area (Å²) in [7, 11) is 0. The number of benzene rings is 2. The Labute approximate surface area is 103 Å². The van der Waals surface area contributed by atoms with Gasteiger partial charge in [0.1, 0.15) is 5.82 Å². The van der Waals surface area contributed by atoms with Crippen molar-refractivity contribution in [3.63, 3.8) is 0 Å². The molecule has 0 spiro atoms. The SMILES string of the molecule is O=C=Nc1ccc(F)cc1C(=O)c1ccccc1. The maximum Gasteiger partial charge on any atom is 0.240 e. The number of isocyanates is 1. The molecule has 3 nitrogen and oxygen atoms in total. The number of ketones is 1. The minimum absolute atomic E-state index is 0.0459. The van der Waals surface area contributed by atoms with E-state index in [1.54, 1.807) is 30.3 Å². The van der Waals surface area contributed by atoms with E-state index in [0.717, 1.165) is 12.1 Å². The summed E-state index contributed by atoms with van der Waals surface area (Å²) in [6.45, 7) is 0. The predicted octanol–water partition coefficient (Wildman–Crippen LogP) is 3.02. The summed E-state index contributed by atoms with van der Waals surface area (Å²) >= 11 is 0. The number of nitrogens with zero attached hydrogens (tertiary/aromatic N) is 1. The Balaban J connectivity index is 2.53. The summed E-state index contributed by atoms with van der Waals surface area (Å²) in [5, 5.41) is 0. The zero-order chi connectivity index (χ0) is 13.0. The first kappa shape index (κ1) is 11.9. The van der Waals surface area contributed by atoms with E-state index < -0.39 is 5.82 Å². The highest BCUT2D eigenvalue weighted by Gasteiger charge is 2.14. The van der Waals surface area contributed by atoms with Crippen LogP contribution in [0.5, 0.6) is 0 Å². The summed E-state index contributed by atoms with van der Waals surface area (Å²) in [6, 6.07) is 11.9. The second-order valence-electron chi connectivity index (χ2n) is 3.56. The third kappa shape index (κ3) is 2.39. The van der Waals surface area contributed by atoms with Crippen molar-refractivity contribution in [2.24, 2.45) is 4.99 Å². The molecular formula is C14H8FNO2. The molecule has 0 atom stereocenters. The average Bonchev–Trinajstić information content (AvgIpc) is 2.41. The van der Waals surface area contributed by atoms with E-state index in [2.05, 4.69) is 4.99 Å². The monoisotopic (exact) mass is 241 g/mol. The minimum atomic E-state index is -0.556. The summed E-state index contributed by atoms with van der Waals surface area (Å²) in [6.07, 6.45) is 1.35. The first-order chi connectivity index (χ1) is 8.72. The van der Waals surface area contributed by atoms with Gasteiger partial charge >= 0.3 is 0 Å². The molecule has 0 aliphatic carbocycles.